The summed E-state index contributed by atoms with van der Waals surface area (Å²) in [6.45, 7) is 4.06. The highest BCUT2D eigenvalue weighted by molar-refractivity contribution is 7.93. The Morgan fingerprint density at radius 2 is 1.58 bits per heavy atom. The van der Waals surface area contributed by atoms with E-state index in [1.807, 2.05) is 6.92 Å². The number of nitrogens with zero attached hydrogens (tertiary/aromatic N) is 1. The van der Waals surface area contributed by atoms with Crippen LogP contribution in [-0.2, 0) is 26.5 Å². The molecule has 0 saturated heterocycles. The van der Waals surface area contributed by atoms with Gasteiger partial charge in [-0.1, -0.05) is 17.7 Å². The lowest BCUT2D eigenvalue weighted by molar-refractivity contribution is 0.411. The van der Waals surface area contributed by atoms with E-state index in [0.29, 0.717) is 42.1 Å². The summed E-state index contributed by atoms with van der Waals surface area (Å²) in [5.41, 5.74) is 3.43. The number of hydrogen-bond acceptors (Lipinski definition) is 5. The fourth-order valence-corrected chi connectivity index (χ4v) is 6.62. The van der Waals surface area contributed by atoms with Gasteiger partial charge in [-0.3, -0.25) is 9.03 Å². The maximum absolute atomic E-state index is 13.2. The van der Waals surface area contributed by atoms with Crippen molar-refractivity contribution in [2.75, 3.05) is 22.7 Å². The van der Waals surface area contributed by atoms with Gasteiger partial charge in [0.05, 0.1) is 22.6 Å². The normalized spacial score (nSPS) is 14.0. The van der Waals surface area contributed by atoms with Gasteiger partial charge in [-0.2, -0.15) is 0 Å². The van der Waals surface area contributed by atoms with Crippen molar-refractivity contribution in [2.45, 2.75) is 36.5 Å². The van der Waals surface area contributed by atoms with Gasteiger partial charge in [0, 0.05) is 12.2 Å². The Labute approximate surface area is 195 Å². The summed E-state index contributed by atoms with van der Waals surface area (Å²) in [6.07, 6.45) is 1.30. The van der Waals surface area contributed by atoms with E-state index in [2.05, 4.69) is 4.72 Å². The molecule has 0 aliphatic carbocycles. The average molecular weight is 487 g/mol. The molecule has 0 saturated carbocycles. The van der Waals surface area contributed by atoms with Gasteiger partial charge in [0.1, 0.15) is 5.75 Å². The maximum atomic E-state index is 13.2. The molecule has 174 valence electrons. The Hall–Kier alpha value is -3.04. The van der Waals surface area contributed by atoms with E-state index in [1.165, 1.54) is 17.5 Å². The van der Waals surface area contributed by atoms with Crippen molar-refractivity contribution in [3.05, 3.63) is 77.4 Å². The molecule has 0 fully saturated rings. The highest BCUT2D eigenvalue weighted by atomic mass is 32.2. The third-order valence-electron chi connectivity index (χ3n) is 5.69. The lowest BCUT2D eigenvalue weighted by Crippen LogP contribution is -2.35. The van der Waals surface area contributed by atoms with Crippen LogP contribution in [0, 0.1) is 13.8 Å². The summed E-state index contributed by atoms with van der Waals surface area (Å²) < 4.78 is 61.5. The van der Waals surface area contributed by atoms with Crippen LogP contribution in [0.1, 0.15) is 23.1 Å². The van der Waals surface area contributed by atoms with Gasteiger partial charge < -0.3 is 4.74 Å². The number of hydrogen-bond donors (Lipinski definition) is 1. The molecule has 0 amide bonds. The molecule has 3 aromatic rings. The molecule has 1 N–H and O–H groups in total. The van der Waals surface area contributed by atoms with Crippen molar-refractivity contribution in [3.8, 4) is 5.75 Å². The van der Waals surface area contributed by atoms with Gasteiger partial charge in [0.25, 0.3) is 20.0 Å². The molecule has 33 heavy (non-hydrogen) atoms. The molecule has 0 spiro atoms. The number of ether oxygens (including phenoxy) is 1. The molecule has 4 rings (SSSR count). The predicted octanol–water partition coefficient (Wildman–Crippen LogP) is 4.25. The summed E-state index contributed by atoms with van der Waals surface area (Å²) >= 11 is 0. The second kappa shape index (κ2) is 8.72. The summed E-state index contributed by atoms with van der Waals surface area (Å²) in [5, 5.41) is 0. The molecule has 0 bridgehead atoms. The van der Waals surface area contributed by atoms with Gasteiger partial charge in [0.2, 0.25) is 0 Å². The summed E-state index contributed by atoms with van der Waals surface area (Å²) in [4.78, 5) is 0.364. The van der Waals surface area contributed by atoms with Crippen LogP contribution in [0.2, 0.25) is 0 Å². The number of anilines is 2. The fraction of sp³-hybridized carbons (Fsp3) is 0.250. The first-order chi connectivity index (χ1) is 15.6. The van der Waals surface area contributed by atoms with Crippen LogP contribution in [0.5, 0.6) is 5.75 Å². The molecule has 0 atom stereocenters. The average Bonchev–Trinajstić information content (AvgIpc) is 2.78. The molecule has 1 aliphatic rings. The van der Waals surface area contributed by atoms with Crippen LogP contribution < -0.4 is 13.8 Å². The molecule has 1 aliphatic heterocycles. The molecule has 9 heteroatoms. The number of rotatable bonds is 6. The standard InChI is InChI=1S/C24H26N2O5S2/c1-17-6-9-21(10-7-17)33(29,30)26-14-4-5-19-16-20(8-12-23(19)26)25-32(27,28)22-11-13-24(31-3)18(2)15-22/h6-13,15-16,25H,4-5,14H2,1-3H3. The molecule has 0 unspecified atom stereocenters. The van der Waals surface area contributed by atoms with Crippen LogP contribution in [-0.4, -0.2) is 30.5 Å². The SMILES string of the molecule is COc1ccc(S(=O)(=O)Nc2ccc3c(c2)CCCN3S(=O)(=O)c2ccc(C)cc2)cc1C. The first kappa shape index (κ1) is 23.1. The van der Waals surface area contributed by atoms with Gasteiger partial charge >= 0.3 is 0 Å². The zero-order valence-electron chi connectivity index (χ0n) is 18.7. The zero-order chi connectivity index (χ0) is 23.8. The van der Waals surface area contributed by atoms with Crippen LogP contribution in [0.4, 0.5) is 11.4 Å². The summed E-state index contributed by atoms with van der Waals surface area (Å²) in [6, 6.07) is 16.4. The van der Waals surface area contributed by atoms with Crippen molar-refractivity contribution in [2.24, 2.45) is 0 Å². The highest BCUT2D eigenvalue weighted by Gasteiger charge is 2.29. The maximum Gasteiger partial charge on any atom is 0.264 e. The van der Waals surface area contributed by atoms with E-state index in [0.717, 1.165) is 11.1 Å². The first-order valence-electron chi connectivity index (χ1n) is 10.5. The number of fused-ring (bicyclic) bond motifs is 1. The van der Waals surface area contributed by atoms with E-state index < -0.39 is 20.0 Å². The van der Waals surface area contributed by atoms with E-state index in [4.69, 9.17) is 4.74 Å². The van der Waals surface area contributed by atoms with E-state index in [1.54, 1.807) is 61.5 Å². The molecule has 3 aromatic carbocycles. The quantitative estimate of drug-likeness (QED) is 0.562. The Bertz CT molecular complexity index is 1400. The lowest BCUT2D eigenvalue weighted by Gasteiger charge is -2.31. The number of sulfonamides is 2. The number of benzene rings is 3. The number of aryl methyl sites for hydroxylation is 3. The smallest absolute Gasteiger partial charge is 0.264 e. The van der Waals surface area contributed by atoms with Gasteiger partial charge in [-0.05, 0) is 86.3 Å². The minimum atomic E-state index is -3.81. The van der Waals surface area contributed by atoms with Gasteiger partial charge in [-0.25, -0.2) is 16.8 Å². The Balaban J connectivity index is 1.63. The topological polar surface area (TPSA) is 92.8 Å². The van der Waals surface area contributed by atoms with Crippen LogP contribution in [0.25, 0.3) is 0 Å². The van der Waals surface area contributed by atoms with E-state index >= 15 is 0 Å². The van der Waals surface area contributed by atoms with Crippen LogP contribution >= 0.6 is 0 Å². The highest BCUT2D eigenvalue weighted by Crippen LogP contribution is 2.34. The molecule has 1 heterocycles. The fourth-order valence-electron chi connectivity index (χ4n) is 3.95. The lowest BCUT2D eigenvalue weighted by atomic mass is 10.0. The van der Waals surface area contributed by atoms with E-state index in [-0.39, 0.29) is 9.79 Å². The molecule has 0 aromatic heterocycles. The molecular formula is C24H26N2O5S2. The largest absolute Gasteiger partial charge is 0.496 e. The predicted molar refractivity (Wildman–Crippen MR) is 129 cm³/mol. The summed E-state index contributed by atoms with van der Waals surface area (Å²) in [7, 11) is -5.99. The van der Waals surface area contributed by atoms with Crippen molar-refractivity contribution in [3.63, 3.8) is 0 Å². The second-order valence-corrected chi connectivity index (χ2v) is 11.6. The second-order valence-electron chi connectivity index (χ2n) is 8.07. The molecule has 0 radical (unpaired) electrons. The van der Waals surface area contributed by atoms with Gasteiger partial charge in [-0.15, -0.1) is 0 Å². The van der Waals surface area contributed by atoms with Gasteiger partial charge in [0.15, 0.2) is 0 Å². The number of methoxy groups -OCH3 is 1. The van der Waals surface area contributed by atoms with Crippen molar-refractivity contribution < 1.29 is 21.6 Å². The van der Waals surface area contributed by atoms with Crippen molar-refractivity contribution in [1.82, 2.24) is 0 Å². The van der Waals surface area contributed by atoms with E-state index in [9.17, 15) is 16.8 Å². The van der Waals surface area contributed by atoms with Crippen LogP contribution in [0.3, 0.4) is 0 Å². The minimum absolute atomic E-state index is 0.127. The zero-order valence-corrected chi connectivity index (χ0v) is 20.3. The summed E-state index contributed by atoms with van der Waals surface area (Å²) in [5.74, 6) is 0.609. The molecule has 7 nitrogen and oxygen atoms in total. The third kappa shape index (κ3) is 4.56. The van der Waals surface area contributed by atoms with Crippen LogP contribution in [0.15, 0.2) is 70.5 Å². The Morgan fingerprint density at radius 1 is 0.879 bits per heavy atom. The Kier molecular flexibility index (Phi) is 6.11. The monoisotopic (exact) mass is 486 g/mol. The number of nitrogens with one attached hydrogen (secondary N) is 1. The van der Waals surface area contributed by atoms with Crippen molar-refractivity contribution in [1.29, 1.82) is 0 Å². The van der Waals surface area contributed by atoms with Crippen molar-refractivity contribution >= 4 is 31.4 Å². The minimum Gasteiger partial charge on any atom is -0.496 e. The molecular weight excluding hydrogens is 460 g/mol. The Morgan fingerprint density at radius 3 is 2.24 bits per heavy atom. The first-order valence-corrected chi connectivity index (χ1v) is 13.4. The third-order valence-corrected chi connectivity index (χ3v) is 8.90.